The molecule has 0 aliphatic rings. The summed E-state index contributed by atoms with van der Waals surface area (Å²) >= 11 is 0. The highest BCUT2D eigenvalue weighted by molar-refractivity contribution is 6.00. The van der Waals surface area contributed by atoms with Crippen LogP contribution >= 0.6 is 0 Å². The van der Waals surface area contributed by atoms with Crippen LogP contribution in [-0.2, 0) is 9.47 Å². The van der Waals surface area contributed by atoms with Crippen molar-refractivity contribution in [1.82, 2.24) is 0 Å². The zero-order chi connectivity index (χ0) is 25.8. The lowest BCUT2D eigenvalue weighted by molar-refractivity contribution is -0.103. The average molecular weight is 474 g/mol. The van der Waals surface area contributed by atoms with E-state index in [4.69, 9.17) is 19.2 Å². The summed E-state index contributed by atoms with van der Waals surface area (Å²) in [5, 5.41) is 19.1. The molecule has 0 atom stereocenters. The van der Waals surface area contributed by atoms with Gasteiger partial charge in [0.25, 0.3) is 0 Å². The Morgan fingerprint density at radius 1 is 0.588 bits per heavy atom. The SMILES string of the molecule is CC(C)(C)OC(=O)c1cccc(C(=O)O)c1OOc1c(C(=O)O)cccc1C(=O)OC(C)(C)C. The molecule has 0 bridgehead atoms. The topological polar surface area (TPSA) is 146 Å². The van der Waals surface area contributed by atoms with E-state index in [9.17, 15) is 29.4 Å². The molecule has 10 heteroatoms. The number of hydrogen-bond acceptors (Lipinski definition) is 8. The molecule has 0 spiro atoms. The molecule has 0 radical (unpaired) electrons. The van der Waals surface area contributed by atoms with Gasteiger partial charge in [0.1, 0.15) is 33.5 Å². The summed E-state index contributed by atoms with van der Waals surface area (Å²) in [5.41, 5.74) is -3.24. The predicted molar refractivity (Wildman–Crippen MR) is 118 cm³/mol. The maximum atomic E-state index is 12.7. The first kappa shape index (κ1) is 26.2. The van der Waals surface area contributed by atoms with Crippen LogP contribution in [0.5, 0.6) is 11.5 Å². The molecule has 0 aliphatic heterocycles. The quantitative estimate of drug-likeness (QED) is 0.337. The normalized spacial score (nSPS) is 11.4. The van der Waals surface area contributed by atoms with Crippen LogP contribution in [0.2, 0.25) is 0 Å². The minimum Gasteiger partial charge on any atom is -0.478 e. The van der Waals surface area contributed by atoms with Gasteiger partial charge in [0.05, 0.1) is 0 Å². The first-order chi connectivity index (χ1) is 15.6. The standard InChI is InChI=1S/C24H26O10/c1-23(2,3)31-21(29)15-11-7-9-13(19(25)26)17(15)33-34-18-14(20(27)28)10-8-12-16(18)22(30)32-24(4,5)6/h7-12H,1-6H3,(H,25,26)(H,27,28). The Bertz CT molecular complexity index is 1030. The van der Waals surface area contributed by atoms with Gasteiger partial charge in [-0.1, -0.05) is 12.1 Å². The van der Waals surface area contributed by atoms with Crippen LogP contribution < -0.4 is 9.78 Å². The number of ether oxygens (including phenoxy) is 2. The van der Waals surface area contributed by atoms with Gasteiger partial charge in [-0.15, -0.1) is 0 Å². The van der Waals surface area contributed by atoms with Gasteiger partial charge in [0.15, 0.2) is 0 Å². The summed E-state index contributed by atoms with van der Waals surface area (Å²) in [5.74, 6) is -5.73. The van der Waals surface area contributed by atoms with Gasteiger partial charge in [-0.3, -0.25) is 9.78 Å². The van der Waals surface area contributed by atoms with Crippen LogP contribution in [0.3, 0.4) is 0 Å². The van der Waals surface area contributed by atoms with E-state index in [-0.39, 0.29) is 11.1 Å². The largest absolute Gasteiger partial charge is 0.478 e. The number of benzene rings is 2. The monoisotopic (exact) mass is 474 g/mol. The van der Waals surface area contributed by atoms with Crippen LogP contribution in [0.25, 0.3) is 0 Å². The molecule has 2 aromatic carbocycles. The van der Waals surface area contributed by atoms with Crippen molar-refractivity contribution in [3.63, 3.8) is 0 Å². The molecule has 10 nitrogen and oxygen atoms in total. The van der Waals surface area contributed by atoms with Crippen LogP contribution in [-0.4, -0.2) is 45.3 Å². The van der Waals surface area contributed by atoms with E-state index in [1.54, 1.807) is 41.5 Å². The number of carboxylic acid groups (broad SMARTS) is 2. The Labute approximate surface area is 195 Å². The number of hydrogen-bond donors (Lipinski definition) is 2. The number of carboxylic acids is 2. The highest BCUT2D eigenvalue weighted by Gasteiger charge is 2.29. The summed E-state index contributed by atoms with van der Waals surface area (Å²) in [7, 11) is 0. The smallest absolute Gasteiger partial charge is 0.342 e. The number of esters is 2. The first-order valence-electron chi connectivity index (χ1n) is 10.1. The maximum absolute atomic E-state index is 12.7. The van der Waals surface area contributed by atoms with Crippen molar-refractivity contribution in [2.75, 3.05) is 0 Å². The number of aromatic carboxylic acids is 2. The molecule has 2 aromatic rings. The second-order valence-corrected chi connectivity index (χ2v) is 9.15. The molecule has 0 unspecified atom stereocenters. The summed E-state index contributed by atoms with van der Waals surface area (Å²) in [4.78, 5) is 59.2. The second kappa shape index (κ2) is 9.82. The Hall–Kier alpha value is -4.08. The minimum absolute atomic E-state index is 0.276. The van der Waals surface area contributed by atoms with Gasteiger partial charge in [-0.05, 0) is 65.8 Å². The van der Waals surface area contributed by atoms with Gasteiger partial charge in [-0.2, -0.15) is 0 Å². The molecule has 0 saturated heterocycles. The van der Waals surface area contributed by atoms with E-state index < -0.39 is 57.7 Å². The van der Waals surface area contributed by atoms with Crippen LogP contribution in [0, 0.1) is 0 Å². The molecule has 0 aliphatic carbocycles. The van der Waals surface area contributed by atoms with Crippen LogP contribution in [0.15, 0.2) is 36.4 Å². The van der Waals surface area contributed by atoms with Crippen molar-refractivity contribution in [2.45, 2.75) is 52.7 Å². The first-order valence-corrected chi connectivity index (χ1v) is 10.1. The lowest BCUT2D eigenvalue weighted by Crippen LogP contribution is -2.26. The Morgan fingerprint density at radius 3 is 1.15 bits per heavy atom. The van der Waals surface area contributed by atoms with E-state index in [0.717, 1.165) is 12.1 Å². The van der Waals surface area contributed by atoms with Crippen molar-refractivity contribution >= 4 is 23.9 Å². The van der Waals surface area contributed by atoms with Gasteiger partial charge in [-0.25, -0.2) is 19.2 Å². The molecule has 2 N–H and O–H groups in total. The number of carbonyl (C=O) groups is 4. The fourth-order valence-corrected chi connectivity index (χ4v) is 2.66. The van der Waals surface area contributed by atoms with Crippen molar-refractivity contribution in [3.05, 3.63) is 58.7 Å². The molecular weight excluding hydrogens is 448 g/mol. The fourth-order valence-electron chi connectivity index (χ4n) is 2.66. The van der Waals surface area contributed by atoms with E-state index >= 15 is 0 Å². The lowest BCUT2D eigenvalue weighted by atomic mass is 10.1. The van der Waals surface area contributed by atoms with Gasteiger partial charge < -0.3 is 19.7 Å². The van der Waals surface area contributed by atoms with Gasteiger partial charge >= 0.3 is 23.9 Å². The average Bonchev–Trinajstić information content (AvgIpc) is 2.68. The van der Waals surface area contributed by atoms with Crippen molar-refractivity contribution < 1.29 is 48.6 Å². The molecule has 0 saturated carbocycles. The summed E-state index contributed by atoms with van der Waals surface area (Å²) in [6.45, 7) is 9.75. The summed E-state index contributed by atoms with van der Waals surface area (Å²) < 4.78 is 10.6. The van der Waals surface area contributed by atoms with Crippen LogP contribution in [0.1, 0.15) is 83.0 Å². The third-order valence-electron chi connectivity index (χ3n) is 3.94. The Morgan fingerprint density at radius 2 is 0.882 bits per heavy atom. The van der Waals surface area contributed by atoms with E-state index in [1.165, 1.54) is 24.3 Å². The van der Waals surface area contributed by atoms with Gasteiger partial charge in [0.2, 0.25) is 11.5 Å². The third kappa shape index (κ3) is 6.71. The molecule has 0 aromatic heterocycles. The van der Waals surface area contributed by atoms with Gasteiger partial charge in [0, 0.05) is 0 Å². The number of carbonyl (C=O) groups excluding carboxylic acids is 2. The molecule has 0 amide bonds. The fraction of sp³-hybridized carbons (Fsp3) is 0.333. The Kier molecular flexibility index (Phi) is 7.56. The predicted octanol–water partition coefficient (Wildman–Crippen LogP) is 4.37. The van der Waals surface area contributed by atoms with Crippen molar-refractivity contribution in [1.29, 1.82) is 0 Å². The zero-order valence-electron chi connectivity index (χ0n) is 19.6. The highest BCUT2D eigenvalue weighted by atomic mass is 17.2. The van der Waals surface area contributed by atoms with E-state index in [1.807, 2.05) is 0 Å². The number of para-hydroxylation sites is 2. The molecule has 0 heterocycles. The molecule has 0 fully saturated rings. The third-order valence-corrected chi connectivity index (χ3v) is 3.94. The van der Waals surface area contributed by atoms with Crippen molar-refractivity contribution in [3.8, 4) is 11.5 Å². The molecular formula is C24H26O10. The number of rotatable bonds is 7. The van der Waals surface area contributed by atoms with Crippen molar-refractivity contribution in [2.24, 2.45) is 0 Å². The van der Waals surface area contributed by atoms with E-state index in [2.05, 4.69) is 0 Å². The van der Waals surface area contributed by atoms with E-state index in [0.29, 0.717) is 0 Å². The molecule has 34 heavy (non-hydrogen) atoms. The zero-order valence-corrected chi connectivity index (χ0v) is 19.6. The van der Waals surface area contributed by atoms with Crippen LogP contribution in [0.4, 0.5) is 0 Å². The summed E-state index contributed by atoms with van der Waals surface area (Å²) in [6, 6.07) is 7.47. The minimum atomic E-state index is -1.44. The molecule has 182 valence electrons. The Balaban J connectivity index is 2.56. The second-order valence-electron chi connectivity index (χ2n) is 9.15. The summed E-state index contributed by atoms with van der Waals surface area (Å²) in [6.07, 6.45) is 0. The maximum Gasteiger partial charge on any atom is 0.342 e. The highest BCUT2D eigenvalue weighted by Crippen LogP contribution is 2.31. The molecule has 2 rings (SSSR count). The lowest BCUT2D eigenvalue weighted by Gasteiger charge is -2.22.